The highest BCUT2D eigenvalue weighted by Crippen LogP contribution is 2.25. The van der Waals surface area contributed by atoms with Gasteiger partial charge in [0.05, 0.1) is 7.11 Å². The summed E-state index contributed by atoms with van der Waals surface area (Å²) in [6.07, 6.45) is 4.33. The summed E-state index contributed by atoms with van der Waals surface area (Å²) in [7, 11) is 1.27. The van der Waals surface area contributed by atoms with Crippen molar-refractivity contribution in [3.05, 3.63) is 23.5 Å². The van der Waals surface area contributed by atoms with Gasteiger partial charge in [-0.3, -0.25) is 0 Å². The van der Waals surface area contributed by atoms with Crippen LogP contribution in [0.1, 0.15) is 0 Å². The number of halogens is 2. The highest BCUT2D eigenvalue weighted by atomic mass is 35.5. The van der Waals surface area contributed by atoms with Crippen LogP contribution in [0.5, 0.6) is 0 Å². The van der Waals surface area contributed by atoms with E-state index in [1.807, 2.05) is 0 Å². The van der Waals surface area contributed by atoms with Crippen molar-refractivity contribution in [1.82, 2.24) is 5.32 Å². The van der Waals surface area contributed by atoms with Crippen molar-refractivity contribution in [3.63, 3.8) is 0 Å². The molecule has 1 heterocycles. The molecule has 5 heteroatoms. The fraction of sp³-hybridized carbons (Fsp3) is 0.286. The first-order chi connectivity index (χ1) is 5.58. The van der Waals surface area contributed by atoms with E-state index in [2.05, 4.69) is 10.1 Å². The fourth-order valence-corrected chi connectivity index (χ4v) is 1.34. The Bertz CT molecular complexity index is 262. The van der Waals surface area contributed by atoms with Crippen LogP contribution < -0.4 is 5.32 Å². The third-order valence-corrected chi connectivity index (χ3v) is 1.99. The monoisotopic (exact) mass is 207 g/mol. The summed E-state index contributed by atoms with van der Waals surface area (Å²) in [5.41, 5.74) is 0. The molecule has 1 unspecified atom stereocenters. The molecule has 0 aromatic heterocycles. The molecule has 0 fully saturated rings. The van der Waals surface area contributed by atoms with Crippen LogP contribution in [-0.2, 0) is 9.53 Å². The molecule has 0 aromatic rings. The Kier molecular flexibility index (Phi) is 2.65. The van der Waals surface area contributed by atoms with Crippen LogP contribution in [0.4, 0.5) is 0 Å². The summed E-state index contributed by atoms with van der Waals surface area (Å²) in [6.45, 7) is 0. The van der Waals surface area contributed by atoms with Crippen molar-refractivity contribution in [2.24, 2.45) is 0 Å². The zero-order chi connectivity index (χ0) is 9.19. The first kappa shape index (κ1) is 9.42. The van der Waals surface area contributed by atoms with Gasteiger partial charge in [-0.15, -0.1) is 0 Å². The molecule has 0 amide bonds. The minimum Gasteiger partial charge on any atom is -0.467 e. The Balaban J connectivity index is 2.90. The molecule has 1 atom stereocenters. The normalized spacial score (nSPS) is 27.4. The second-order valence-electron chi connectivity index (χ2n) is 2.23. The number of dihydropyridines is 1. The average molecular weight is 208 g/mol. The van der Waals surface area contributed by atoms with Gasteiger partial charge in [0.2, 0.25) is 0 Å². The lowest BCUT2D eigenvalue weighted by molar-refractivity contribution is -0.141. The number of ether oxygens (including phenoxy) is 1. The van der Waals surface area contributed by atoms with Crippen LogP contribution in [0.25, 0.3) is 0 Å². The summed E-state index contributed by atoms with van der Waals surface area (Å²) >= 11 is 11.5. The third kappa shape index (κ3) is 1.73. The topological polar surface area (TPSA) is 38.3 Å². The van der Waals surface area contributed by atoms with Gasteiger partial charge in [0.15, 0.2) is 4.87 Å². The molecule has 1 aliphatic rings. The van der Waals surface area contributed by atoms with Gasteiger partial charge in [0.1, 0.15) is 5.16 Å². The van der Waals surface area contributed by atoms with Crippen LogP contribution in [0.3, 0.4) is 0 Å². The second kappa shape index (κ2) is 3.37. The Morgan fingerprint density at radius 1 is 1.75 bits per heavy atom. The molecule has 1 aliphatic heterocycles. The summed E-state index contributed by atoms with van der Waals surface area (Å²) < 4.78 is 4.49. The number of carbonyl (C=O) groups is 1. The number of nitrogens with one attached hydrogen (secondary N) is 1. The molecular formula is C7H7Cl2NO2. The molecule has 1 N–H and O–H groups in total. The average Bonchev–Trinajstić information content (AvgIpc) is 2.02. The van der Waals surface area contributed by atoms with E-state index in [1.165, 1.54) is 25.5 Å². The van der Waals surface area contributed by atoms with Crippen molar-refractivity contribution in [2.75, 3.05) is 7.11 Å². The van der Waals surface area contributed by atoms with E-state index in [0.29, 0.717) is 5.16 Å². The molecule has 0 aromatic carbocycles. The first-order valence-electron chi connectivity index (χ1n) is 3.18. The Morgan fingerprint density at radius 2 is 2.42 bits per heavy atom. The van der Waals surface area contributed by atoms with Crippen molar-refractivity contribution < 1.29 is 9.53 Å². The molecule has 1 rings (SSSR count). The number of hydrogen-bond acceptors (Lipinski definition) is 3. The van der Waals surface area contributed by atoms with Gasteiger partial charge in [-0.1, -0.05) is 23.2 Å². The Labute approximate surface area is 80.0 Å². The van der Waals surface area contributed by atoms with Gasteiger partial charge in [0, 0.05) is 6.20 Å². The lowest BCUT2D eigenvalue weighted by Crippen LogP contribution is -2.32. The molecule has 3 nitrogen and oxygen atoms in total. The molecule has 66 valence electrons. The van der Waals surface area contributed by atoms with Crippen LogP contribution in [0.15, 0.2) is 23.5 Å². The fourth-order valence-electron chi connectivity index (χ4n) is 0.800. The quantitative estimate of drug-likeness (QED) is 0.401. The minimum absolute atomic E-state index is 0.304. The highest BCUT2D eigenvalue weighted by molar-refractivity contribution is 6.39. The number of carbonyl (C=O) groups excluding carboxylic acids is 1. The highest BCUT2D eigenvalue weighted by Gasteiger charge is 2.34. The molecule has 0 bridgehead atoms. The number of hydrogen-bond donors (Lipinski definition) is 1. The number of alkyl halides is 1. The van der Waals surface area contributed by atoms with Gasteiger partial charge in [-0.25, -0.2) is 4.79 Å². The standard InChI is InChI=1S/C7H7Cl2NO2/c1-12-6(11)7(9)2-3-10-5(8)4-7/h2-4,10H,1H3. The molecule has 0 saturated heterocycles. The molecule has 0 spiro atoms. The lowest BCUT2D eigenvalue weighted by Gasteiger charge is -2.19. The molecule has 0 aliphatic carbocycles. The van der Waals surface area contributed by atoms with Gasteiger partial charge in [-0.2, -0.15) is 0 Å². The Hall–Kier alpha value is -0.670. The molecular weight excluding hydrogens is 201 g/mol. The van der Waals surface area contributed by atoms with Crippen LogP contribution in [0.2, 0.25) is 0 Å². The number of esters is 1. The van der Waals surface area contributed by atoms with Crippen molar-refractivity contribution in [2.45, 2.75) is 4.87 Å². The lowest BCUT2D eigenvalue weighted by atomic mass is 10.1. The summed E-state index contributed by atoms with van der Waals surface area (Å²) in [4.78, 5) is 9.83. The van der Waals surface area contributed by atoms with E-state index in [-0.39, 0.29) is 0 Å². The predicted octanol–water partition coefficient (Wildman–Crippen LogP) is 1.33. The summed E-state index contributed by atoms with van der Waals surface area (Å²) in [6, 6.07) is 0. The zero-order valence-corrected chi connectivity index (χ0v) is 7.82. The van der Waals surface area contributed by atoms with Crippen LogP contribution in [-0.4, -0.2) is 18.0 Å². The SMILES string of the molecule is COC(=O)C1(Cl)C=CNC(Cl)=C1. The third-order valence-electron chi connectivity index (χ3n) is 1.38. The maximum atomic E-state index is 11.1. The van der Waals surface area contributed by atoms with Crippen molar-refractivity contribution in [3.8, 4) is 0 Å². The summed E-state index contributed by atoms with van der Waals surface area (Å²) in [5, 5.41) is 2.97. The van der Waals surface area contributed by atoms with Gasteiger partial charge < -0.3 is 10.1 Å². The van der Waals surface area contributed by atoms with E-state index >= 15 is 0 Å². The van der Waals surface area contributed by atoms with E-state index in [0.717, 1.165) is 0 Å². The number of methoxy groups -OCH3 is 1. The first-order valence-corrected chi connectivity index (χ1v) is 3.94. The van der Waals surface area contributed by atoms with Crippen molar-refractivity contribution >= 4 is 29.2 Å². The van der Waals surface area contributed by atoms with E-state index in [9.17, 15) is 4.79 Å². The Morgan fingerprint density at radius 3 is 2.92 bits per heavy atom. The maximum absolute atomic E-state index is 11.1. The molecule has 0 radical (unpaired) electrons. The largest absolute Gasteiger partial charge is 0.467 e. The van der Waals surface area contributed by atoms with E-state index in [1.54, 1.807) is 0 Å². The van der Waals surface area contributed by atoms with Gasteiger partial charge in [-0.05, 0) is 12.2 Å². The second-order valence-corrected chi connectivity index (χ2v) is 3.26. The zero-order valence-electron chi connectivity index (χ0n) is 6.30. The van der Waals surface area contributed by atoms with Gasteiger partial charge in [0.25, 0.3) is 0 Å². The summed E-state index contributed by atoms with van der Waals surface area (Å²) in [5.74, 6) is -0.555. The van der Waals surface area contributed by atoms with Crippen LogP contribution in [0, 0.1) is 0 Å². The number of rotatable bonds is 1. The van der Waals surface area contributed by atoms with E-state index in [4.69, 9.17) is 23.2 Å². The van der Waals surface area contributed by atoms with Crippen LogP contribution >= 0.6 is 23.2 Å². The molecule has 12 heavy (non-hydrogen) atoms. The van der Waals surface area contributed by atoms with Gasteiger partial charge >= 0.3 is 5.97 Å². The maximum Gasteiger partial charge on any atom is 0.335 e. The molecule has 0 saturated carbocycles. The smallest absolute Gasteiger partial charge is 0.335 e. The predicted molar refractivity (Wildman–Crippen MR) is 46.8 cm³/mol. The van der Waals surface area contributed by atoms with E-state index < -0.39 is 10.8 Å². The minimum atomic E-state index is -1.27. The van der Waals surface area contributed by atoms with Crippen molar-refractivity contribution in [1.29, 1.82) is 0 Å².